The van der Waals surface area contributed by atoms with Gasteiger partial charge in [0.1, 0.15) is 0 Å². The monoisotopic (exact) mass is 377 g/mol. The average Bonchev–Trinajstić information content (AvgIpc) is 3.01. The molecular weight excluding hydrogens is 354 g/mol. The first-order chi connectivity index (χ1) is 13.5. The van der Waals surface area contributed by atoms with Gasteiger partial charge >= 0.3 is 6.03 Å². The van der Waals surface area contributed by atoms with Crippen LogP contribution in [0.5, 0.6) is 0 Å². The molecule has 1 aliphatic heterocycles. The number of carbonyl (C=O) groups is 1. The summed E-state index contributed by atoms with van der Waals surface area (Å²) in [5, 5.41) is 7.02. The van der Waals surface area contributed by atoms with Gasteiger partial charge in [-0.1, -0.05) is 0 Å². The highest BCUT2D eigenvalue weighted by Gasteiger charge is 2.26. The Morgan fingerprint density at radius 2 is 2.04 bits per heavy atom. The Morgan fingerprint density at radius 1 is 1.18 bits per heavy atom. The van der Waals surface area contributed by atoms with E-state index in [1.54, 1.807) is 28.2 Å². The minimum atomic E-state index is -0.208. The van der Waals surface area contributed by atoms with Gasteiger partial charge in [-0.25, -0.2) is 9.78 Å². The number of nitrogens with zero attached hydrogens (tertiary/aromatic N) is 6. The molecule has 0 bridgehead atoms. The number of carbonyl (C=O) groups excluding carboxylic acids is 1. The molecule has 4 rings (SSSR count). The van der Waals surface area contributed by atoms with Crippen molar-refractivity contribution in [3.8, 4) is 11.3 Å². The third-order valence-electron chi connectivity index (χ3n) is 4.79. The summed E-state index contributed by atoms with van der Waals surface area (Å²) in [6.45, 7) is 3.41. The highest BCUT2D eigenvalue weighted by Crippen LogP contribution is 2.33. The molecule has 0 atom stereocenters. The van der Waals surface area contributed by atoms with Gasteiger partial charge in [0, 0.05) is 50.8 Å². The summed E-state index contributed by atoms with van der Waals surface area (Å²) >= 11 is 0. The lowest BCUT2D eigenvalue weighted by Gasteiger charge is -2.24. The van der Waals surface area contributed by atoms with Crippen molar-refractivity contribution in [2.24, 2.45) is 7.05 Å². The SMILES string of the molecule is Cc1cc(-c2ccc3c(n2)N(C(=O)Nc2cnn(C)c2)CCCN3C)ccn1. The van der Waals surface area contributed by atoms with Crippen LogP contribution in [0.15, 0.2) is 42.9 Å². The molecule has 4 heterocycles. The number of hydrogen-bond donors (Lipinski definition) is 1. The molecule has 3 aromatic rings. The van der Waals surface area contributed by atoms with Crippen LogP contribution in [-0.2, 0) is 7.05 Å². The number of amides is 2. The van der Waals surface area contributed by atoms with Crippen LogP contribution in [0, 0.1) is 6.92 Å². The van der Waals surface area contributed by atoms with Gasteiger partial charge in [0.05, 0.1) is 23.3 Å². The second-order valence-electron chi connectivity index (χ2n) is 6.98. The van der Waals surface area contributed by atoms with Crippen molar-refractivity contribution in [3.63, 3.8) is 0 Å². The van der Waals surface area contributed by atoms with E-state index in [0.29, 0.717) is 18.1 Å². The van der Waals surface area contributed by atoms with E-state index in [1.807, 2.05) is 45.3 Å². The number of aromatic nitrogens is 4. The first kappa shape index (κ1) is 18.0. The van der Waals surface area contributed by atoms with E-state index in [0.717, 1.165) is 35.6 Å². The second kappa shape index (κ2) is 7.30. The number of fused-ring (bicyclic) bond motifs is 1. The van der Waals surface area contributed by atoms with Crippen molar-refractivity contribution in [2.75, 3.05) is 35.3 Å². The number of pyridine rings is 2. The van der Waals surface area contributed by atoms with Crippen molar-refractivity contribution in [1.29, 1.82) is 0 Å². The van der Waals surface area contributed by atoms with Crippen LogP contribution in [0.25, 0.3) is 11.3 Å². The molecule has 0 aromatic carbocycles. The quantitative estimate of drug-likeness (QED) is 0.742. The summed E-state index contributed by atoms with van der Waals surface area (Å²) in [5.41, 5.74) is 4.33. The van der Waals surface area contributed by atoms with Crippen LogP contribution in [0.3, 0.4) is 0 Å². The fourth-order valence-corrected chi connectivity index (χ4v) is 3.37. The third kappa shape index (κ3) is 3.53. The van der Waals surface area contributed by atoms with Gasteiger partial charge in [-0.05, 0) is 37.6 Å². The number of hydrogen-bond acceptors (Lipinski definition) is 5. The Bertz CT molecular complexity index is 1010. The Balaban J connectivity index is 1.72. The van der Waals surface area contributed by atoms with Crippen LogP contribution in [0.4, 0.5) is 22.0 Å². The summed E-state index contributed by atoms with van der Waals surface area (Å²) in [6.07, 6.45) is 6.03. The molecule has 28 heavy (non-hydrogen) atoms. The summed E-state index contributed by atoms with van der Waals surface area (Å²) in [7, 11) is 3.84. The van der Waals surface area contributed by atoms with Crippen molar-refractivity contribution in [2.45, 2.75) is 13.3 Å². The van der Waals surface area contributed by atoms with Crippen LogP contribution in [0.1, 0.15) is 12.1 Å². The molecule has 0 radical (unpaired) electrons. The predicted octanol–water partition coefficient (Wildman–Crippen LogP) is 3.06. The number of urea groups is 1. The fraction of sp³-hybridized carbons (Fsp3) is 0.300. The maximum absolute atomic E-state index is 13.0. The van der Waals surface area contributed by atoms with E-state index < -0.39 is 0 Å². The van der Waals surface area contributed by atoms with E-state index >= 15 is 0 Å². The standard InChI is InChI=1S/C20H23N7O/c1-14-11-15(7-8-21-14)17-5-6-18-19(24-17)27(10-4-9-25(18)2)20(28)23-16-12-22-26(3)13-16/h5-8,11-13H,4,9-10H2,1-3H3,(H,23,28). The molecule has 144 valence electrons. The Hall–Kier alpha value is -3.42. The number of aryl methyl sites for hydroxylation is 2. The van der Waals surface area contributed by atoms with E-state index in [1.165, 1.54) is 0 Å². The zero-order chi connectivity index (χ0) is 19.7. The highest BCUT2D eigenvalue weighted by molar-refractivity contribution is 6.03. The minimum Gasteiger partial charge on any atom is -0.372 e. The zero-order valence-corrected chi connectivity index (χ0v) is 16.3. The molecule has 0 saturated carbocycles. The largest absolute Gasteiger partial charge is 0.372 e. The van der Waals surface area contributed by atoms with Gasteiger partial charge < -0.3 is 10.2 Å². The van der Waals surface area contributed by atoms with E-state index in [-0.39, 0.29) is 6.03 Å². The lowest BCUT2D eigenvalue weighted by atomic mass is 10.1. The van der Waals surface area contributed by atoms with Crippen molar-refractivity contribution in [3.05, 3.63) is 48.5 Å². The zero-order valence-electron chi connectivity index (χ0n) is 16.3. The summed E-state index contributed by atoms with van der Waals surface area (Å²) in [5.74, 6) is 0.661. The van der Waals surface area contributed by atoms with Crippen LogP contribution >= 0.6 is 0 Å². The lowest BCUT2D eigenvalue weighted by molar-refractivity contribution is 0.257. The molecule has 1 N–H and O–H groups in total. The summed E-state index contributed by atoms with van der Waals surface area (Å²) in [4.78, 5) is 26.0. The van der Waals surface area contributed by atoms with Gasteiger partial charge in [-0.2, -0.15) is 5.10 Å². The lowest BCUT2D eigenvalue weighted by Crippen LogP contribution is -2.36. The van der Waals surface area contributed by atoms with Gasteiger partial charge in [-0.15, -0.1) is 0 Å². The molecule has 2 amide bonds. The smallest absolute Gasteiger partial charge is 0.327 e. The molecule has 8 heteroatoms. The van der Waals surface area contributed by atoms with Crippen LogP contribution in [-0.4, -0.2) is 45.9 Å². The molecule has 8 nitrogen and oxygen atoms in total. The van der Waals surface area contributed by atoms with E-state index in [4.69, 9.17) is 4.98 Å². The molecule has 1 aliphatic rings. The van der Waals surface area contributed by atoms with E-state index in [2.05, 4.69) is 20.3 Å². The second-order valence-corrected chi connectivity index (χ2v) is 6.98. The van der Waals surface area contributed by atoms with Crippen molar-refractivity contribution in [1.82, 2.24) is 19.7 Å². The van der Waals surface area contributed by atoms with Gasteiger partial charge in [0.25, 0.3) is 0 Å². The Kier molecular flexibility index (Phi) is 4.68. The average molecular weight is 377 g/mol. The number of rotatable bonds is 2. The first-order valence-electron chi connectivity index (χ1n) is 9.23. The van der Waals surface area contributed by atoms with Crippen molar-refractivity contribution < 1.29 is 4.79 Å². The summed E-state index contributed by atoms with van der Waals surface area (Å²) in [6, 6.07) is 7.74. The summed E-state index contributed by atoms with van der Waals surface area (Å²) < 4.78 is 1.65. The topological polar surface area (TPSA) is 79.2 Å². The van der Waals surface area contributed by atoms with Crippen molar-refractivity contribution >= 4 is 23.2 Å². The Morgan fingerprint density at radius 3 is 2.79 bits per heavy atom. The number of anilines is 3. The van der Waals surface area contributed by atoms with Gasteiger partial charge in [0.15, 0.2) is 5.82 Å². The van der Waals surface area contributed by atoms with Gasteiger partial charge in [-0.3, -0.25) is 14.6 Å². The minimum absolute atomic E-state index is 0.208. The fourth-order valence-electron chi connectivity index (χ4n) is 3.37. The van der Waals surface area contributed by atoms with E-state index in [9.17, 15) is 4.79 Å². The van der Waals surface area contributed by atoms with Crippen LogP contribution < -0.4 is 15.1 Å². The predicted molar refractivity (Wildman–Crippen MR) is 110 cm³/mol. The third-order valence-corrected chi connectivity index (χ3v) is 4.79. The number of nitrogens with one attached hydrogen (secondary N) is 1. The molecular formula is C20H23N7O. The molecule has 0 spiro atoms. The van der Waals surface area contributed by atoms with Gasteiger partial charge in [0.2, 0.25) is 0 Å². The highest BCUT2D eigenvalue weighted by atomic mass is 16.2. The molecule has 0 fully saturated rings. The Labute approximate surface area is 163 Å². The molecule has 0 saturated heterocycles. The molecule has 0 unspecified atom stereocenters. The molecule has 0 aliphatic carbocycles. The molecule has 3 aromatic heterocycles. The normalized spacial score (nSPS) is 13.8. The maximum atomic E-state index is 13.0. The van der Waals surface area contributed by atoms with Crippen LogP contribution in [0.2, 0.25) is 0 Å². The maximum Gasteiger partial charge on any atom is 0.327 e. The first-order valence-corrected chi connectivity index (χ1v) is 9.23.